The van der Waals surface area contributed by atoms with Crippen molar-refractivity contribution in [2.45, 2.75) is 32.9 Å². The molecular formula is C25H35N3O3. The zero-order valence-corrected chi connectivity index (χ0v) is 19.2. The number of methoxy groups -OCH3 is 2. The summed E-state index contributed by atoms with van der Waals surface area (Å²) < 4.78 is 10.6. The fraction of sp³-hybridized carbons (Fsp3) is 0.480. The first-order chi connectivity index (χ1) is 15.0. The van der Waals surface area contributed by atoms with Crippen molar-refractivity contribution in [3.8, 4) is 11.5 Å². The topological polar surface area (TPSA) is 54.0 Å². The quantitative estimate of drug-likeness (QED) is 0.670. The van der Waals surface area contributed by atoms with Gasteiger partial charge in [0, 0.05) is 39.3 Å². The van der Waals surface area contributed by atoms with Crippen LogP contribution < -0.4 is 14.8 Å². The smallest absolute Gasteiger partial charge is 0.237 e. The molecule has 6 heteroatoms. The lowest BCUT2D eigenvalue weighted by molar-refractivity contribution is -0.126. The summed E-state index contributed by atoms with van der Waals surface area (Å²) in [5.41, 5.74) is 3.83. The molecule has 2 aromatic carbocycles. The lowest BCUT2D eigenvalue weighted by Gasteiger charge is -2.37. The number of carbonyl (C=O) groups excluding carboxylic acids is 1. The van der Waals surface area contributed by atoms with Crippen LogP contribution in [0.1, 0.15) is 23.6 Å². The minimum Gasteiger partial charge on any atom is -0.493 e. The third kappa shape index (κ3) is 6.21. The Balaban J connectivity index is 1.42. The highest BCUT2D eigenvalue weighted by molar-refractivity contribution is 5.81. The second kappa shape index (κ2) is 11.2. The van der Waals surface area contributed by atoms with Crippen LogP contribution in [0.15, 0.2) is 42.5 Å². The number of nitrogens with one attached hydrogen (secondary N) is 1. The van der Waals surface area contributed by atoms with Crippen molar-refractivity contribution in [2.24, 2.45) is 0 Å². The first-order valence-corrected chi connectivity index (χ1v) is 11.0. The summed E-state index contributed by atoms with van der Waals surface area (Å²) in [6.45, 7) is 9.54. The summed E-state index contributed by atoms with van der Waals surface area (Å²) in [4.78, 5) is 17.4. The highest BCUT2D eigenvalue weighted by Crippen LogP contribution is 2.27. The fourth-order valence-corrected chi connectivity index (χ4v) is 4.02. The molecule has 168 valence electrons. The zero-order valence-electron chi connectivity index (χ0n) is 19.2. The van der Waals surface area contributed by atoms with Gasteiger partial charge in [-0.3, -0.25) is 14.6 Å². The maximum absolute atomic E-state index is 12.7. The number of carbonyl (C=O) groups is 1. The van der Waals surface area contributed by atoms with Gasteiger partial charge in [0.15, 0.2) is 11.5 Å². The number of hydrogen-bond acceptors (Lipinski definition) is 5. The highest BCUT2D eigenvalue weighted by Gasteiger charge is 2.25. The summed E-state index contributed by atoms with van der Waals surface area (Å²) >= 11 is 0. The van der Waals surface area contributed by atoms with Crippen LogP contribution in [0.3, 0.4) is 0 Å². The molecule has 1 amide bonds. The van der Waals surface area contributed by atoms with Gasteiger partial charge < -0.3 is 14.8 Å². The maximum atomic E-state index is 12.7. The molecule has 0 radical (unpaired) electrons. The zero-order chi connectivity index (χ0) is 22.2. The molecule has 0 bridgehead atoms. The standard InChI is InChI=1S/C25H35N3O3/c1-19-7-5-6-8-22(19)18-27-13-15-28(16-14-27)20(2)25(29)26-12-11-21-9-10-23(30-3)24(17-21)31-4/h5-10,17,20H,11-16,18H2,1-4H3,(H,26,29). The number of benzene rings is 2. The summed E-state index contributed by atoms with van der Waals surface area (Å²) in [6.07, 6.45) is 0.753. The van der Waals surface area contributed by atoms with Crippen LogP contribution in [-0.2, 0) is 17.8 Å². The van der Waals surface area contributed by atoms with Crippen LogP contribution >= 0.6 is 0 Å². The molecule has 0 aromatic heterocycles. The monoisotopic (exact) mass is 425 g/mol. The average Bonchev–Trinajstić information content (AvgIpc) is 2.80. The minimum atomic E-state index is -0.119. The number of hydrogen-bond donors (Lipinski definition) is 1. The number of ether oxygens (including phenoxy) is 2. The van der Waals surface area contributed by atoms with E-state index in [-0.39, 0.29) is 11.9 Å². The molecular weight excluding hydrogens is 390 g/mol. The van der Waals surface area contributed by atoms with Gasteiger partial charge in [-0.05, 0) is 49.1 Å². The predicted octanol–water partition coefficient (Wildman–Crippen LogP) is 2.88. The van der Waals surface area contributed by atoms with Gasteiger partial charge in [-0.15, -0.1) is 0 Å². The van der Waals surface area contributed by atoms with Crippen molar-refractivity contribution in [3.63, 3.8) is 0 Å². The molecule has 0 spiro atoms. The van der Waals surface area contributed by atoms with Crippen LogP contribution in [0.5, 0.6) is 11.5 Å². The molecule has 0 aliphatic carbocycles. The fourth-order valence-electron chi connectivity index (χ4n) is 4.02. The highest BCUT2D eigenvalue weighted by atomic mass is 16.5. The summed E-state index contributed by atoms with van der Waals surface area (Å²) in [5, 5.41) is 3.09. The first-order valence-electron chi connectivity index (χ1n) is 11.0. The molecule has 0 saturated carbocycles. The first kappa shape index (κ1) is 23.1. The predicted molar refractivity (Wildman–Crippen MR) is 124 cm³/mol. The number of nitrogens with zero attached hydrogens (tertiary/aromatic N) is 2. The molecule has 2 aromatic rings. The summed E-state index contributed by atoms with van der Waals surface area (Å²) in [7, 11) is 3.26. The van der Waals surface area contributed by atoms with Crippen molar-refractivity contribution in [3.05, 3.63) is 59.2 Å². The Kier molecular flexibility index (Phi) is 8.32. The van der Waals surface area contributed by atoms with Crippen molar-refractivity contribution in [1.29, 1.82) is 0 Å². The third-order valence-electron chi connectivity index (χ3n) is 6.15. The summed E-state index contributed by atoms with van der Waals surface area (Å²) in [5.74, 6) is 1.52. The van der Waals surface area contributed by atoms with Crippen molar-refractivity contribution < 1.29 is 14.3 Å². The van der Waals surface area contributed by atoms with Gasteiger partial charge in [0.2, 0.25) is 5.91 Å². The van der Waals surface area contributed by atoms with Gasteiger partial charge in [0.1, 0.15) is 0 Å². The second-order valence-corrected chi connectivity index (χ2v) is 8.14. The molecule has 1 N–H and O–H groups in total. The molecule has 31 heavy (non-hydrogen) atoms. The number of piperazine rings is 1. The maximum Gasteiger partial charge on any atom is 0.237 e. The van der Waals surface area contributed by atoms with Crippen LogP contribution in [-0.4, -0.2) is 68.7 Å². The van der Waals surface area contributed by atoms with E-state index in [0.29, 0.717) is 18.0 Å². The second-order valence-electron chi connectivity index (χ2n) is 8.14. The number of aryl methyl sites for hydroxylation is 1. The van der Waals surface area contributed by atoms with E-state index in [9.17, 15) is 4.79 Å². The van der Waals surface area contributed by atoms with Gasteiger partial charge in [-0.1, -0.05) is 30.3 Å². The number of amides is 1. The molecule has 1 aliphatic heterocycles. The molecule has 1 saturated heterocycles. The average molecular weight is 426 g/mol. The normalized spacial score (nSPS) is 16.0. The lowest BCUT2D eigenvalue weighted by Crippen LogP contribution is -2.53. The molecule has 1 unspecified atom stereocenters. The van der Waals surface area contributed by atoms with Crippen molar-refractivity contribution in [2.75, 3.05) is 46.9 Å². The van der Waals surface area contributed by atoms with Crippen LogP contribution in [0.25, 0.3) is 0 Å². The van der Waals surface area contributed by atoms with E-state index in [4.69, 9.17) is 9.47 Å². The van der Waals surface area contributed by atoms with Gasteiger partial charge in [-0.2, -0.15) is 0 Å². The summed E-state index contributed by atoms with van der Waals surface area (Å²) in [6, 6.07) is 14.3. The van der Waals surface area contributed by atoms with Crippen molar-refractivity contribution in [1.82, 2.24) is 15.1 Å². The van der Waals surface area contributed by atoms with Gasteiger partial charge >= 0.3 is 0 Å². The van der Waals surface area contributed by atoms with Crippen LogP contribution in [0.2, 0.25) is 0 Å². The molecule has 1 heterocycles. The van der Waals surface area contributed by atoms with Crippen molar-refractivity contribution >= 4 is 5.91 Å². The Morgan fingerprint density at radius 3 is 2.42 bits per heavy atom. The molecule has 6 nitrogen and oxygen atoms in total. The van der Waals surface area contributed by atoms with E-state index in [2.05, 4.69) is 46.3 Å². The number of rotatable bonds is 9. The van der Waals surface area contributed by atoms with E-state index in [0.717, 1.165) is 44.7 Å². The Morgan fingerprint density at radius 1 is 1.03 bits per heavy atom. The van der Waals surface area contributed by atoms with E-state index < -0.39 is 0 Å². The van der Waals surface area contributed by atoms with E-state index >= 15 is 0 Å². The van der Waals surface area contributed by atoms with E-state index in [1.165, 1.54) is 11.1 Å². The Labute approximate surface area is 186 Å². The van der Waals surface area contributed by atoms with Crippen LogP contribution in [0.4, 0.5) is 0 Å². The van der Waals surface area contributed by atoms with Gasteiger partial charge in [0.25, 0.3) is 0 Å². The Hall–Kier alpha value is -2.57. The largest absolute Gasteiger partial charge is 0.493 e. The Bertz CT molecular complexity index is 863. The Morgan fingerprint density at radius 2 is 1.74 bits per heavy atom. The van der Waals surface area contributed by atoms with E-state index in [1.807, 2.05) is 25.1 Å². The van der Waals surface area contributed by atoms with Gasteiger partial charge in [0.05, 0.1) is 20.3 Å². The molecule has 1 aliphatic rings. The molecule has 1 atom stereocenters. The molecule has 1 fully saturated rings. The third-order valence-corrected chi connectivity index (χ3v) is 6.15. The molecule has 3 rings (SSSR count). The SMILES string of the molecule is COc1ccc(CCNC(=O)C(C)N2CCN(Cc3ccccc3C)CC2)cc1OC. The van der Waals surface area contributed by atoms with E-state index in [1.54, 1.807) is 14.2 Å². The van der Waals surface area contributed by atoms with Gasteiger partial charge in [-0.25, -0.2) is 0 Å². The lowest BCUT2D eigenvalue weighted by atomic mass is 10.1. The minimum absolute atomic E-state index is 0.0906. The van der Waals surface area contributed by atoms with Crippen LogP contribution in [0, 0.1) is 6.92 Å².